The Hall–Kier alpha value is -9.81. The molecule has 1 amide bonds. The molecule has 14 rings (SSSR count). The molecule has 0 saturated heterocycles. The molecule has 11 aromatic rings. The number of carbonyl (C=O) groups excluding carboxylic acids is 1. The second kappa shape index (κ2) is 38.3. The Kier molecular flexibility index (Phi) is 29.3. The van der Waals surface area contributed by atoms with Crippen molar-refractivity contribution in [1.82, 2.24) is 80.1 Å². The van der Waals surface area contributed by atoms with Crippen LogP contribution < -0.4 is 11.1 Å². The molecule has 2 aliphatic carbocycles. The van der Waals surface area contributed by atoms with Crippen LogP contribution in [0.5, 0.6) is 0 Å². The van der Waals surface area contributed by atoms with Crippen molar-refractivity contribution in [2.75, 3.05) is 30.8 Å². The number of hydrogen-bond acceptors (Lipinski definition) is 25. The Morgan fingerprint density at radius 1 is 0.608 bits per heavy atom. The number of carboxylic acids is 3. The summed E-state index contributed by atoms with van der Waals surface area (Å²) in [6.45, 7) is 6.01. The third-order valence-corrected chi connectivity index (χ3v) is 18.6. The molecule has 0 atom stereocenters. The topological polar surface area (TPSA) is 426 Å². The van der Waals surface area contributed by atoms with E-state index >= 15 is 0 Å². The van der Waals surface area contributed by atoms with Gasteiger partial charge in [0.2, 0.25) is 11.9 Å². The molecule has 1 radical (unpaired) electrons. The summed E-state index contributed by atoms with van der Waals surface area (Å²) in [5.41, 5.74) is 9.10. The van der Waals surface area contributed by atoms with Gasteiger partial charge in [-0.15, -0.1) is 57.8 Å². The number of thiazole rings is 4. The van der Waals surface area contributed by atoms with Crippen molar-refractivity contribution in [3.63, 3.8) is 0 Å². The molecule has 1 aliphatic heterocycles. The lowest BCUT2D eigenvalue weighted by molar-refractivity contribution is 0.0258. The van der Waals surface area contributed by atoms with Gasteiger partial charge in [-0.1, -0.05) is 0 Å². The largest absolute Gasteiger partial charge is 0.569 e. The molecule has 2 fully saturated rings. The normalized spacial score (nSPS) is 15.7. The Labute approximate surface area is 607 Å². The molecule has 41 heteroatoms. The van der Waals surface area contributed by atoms with Gasteiger partial charge in [-0.3, -0.25) is 34.4 Å². The molecule has 0 spiro atoms. The third kappa shape index (κ3) is 21.9. The van der Waals surface area contributed by atoms with Crippen LogP contribution in [0.3, 0.4) is 0 Å². The van der Waals surface area contributed by atoms with Crippen molar-refractivity contribution >= 4 is 123 Å². The summed E-state index contributed by atoms with van der Waals surface area (Å²) in [7, 11) is 0.642. The highest BCUT2D eigenvalue weighted by Gasteiger charge is 2.29. The number of carbonyl (C=O) groups is 4. The fourth-order valence-electron chi connectivity index (χ4n) is 9.85. The summed E-state index contributed by atoms with van der Waals surface area (Å²) in [6.07, 6.45) is 24.1. The maximum atomic E-state index is 14.6. The summed E-state index contributed by atoms with van der Waals surface area (Å²) in [4.78, 5) is 71.1. The number of nitrogens with two attached hydrogens (primary N) is 1. The molecule has 102 heavy (non-hydrogen) atoms. The minimum atomic E-state index is -1.01. The molecule has 0 unspecified atom stereocenters. The molecule has 12 heterocycles. The fourth-order valence-corrected chi connectivity index (χ4v) is 13.2. The smallest absolute Gasteiger partial charge is 0.536 e. The highest BCUT2D eigenvalue weighted by atomic mass is 79.9. The quantitative estimate of drug-likeness (QED) is 0.0219. The summed E-state index contributed by atoms with van der Waals surface area (Å²) in [5.74, 6) is -5.86. The number of nitrogens with zero attached hydrogens (tertiary/aromatic N) is 14. The number of allylic oxidation sites excluding steroid dienone is 1. The van der Waals surface area contributed by atoms with Crippen LogP contribution in [-0.4, -0.2) is 170 Å². The van der Waals surface area contributed by atoms with Crippen LogP contribution in [0.4, 0.5) is 28.9 Å². The van der Waals surface area contributed by atoms with Crippen molar-refractivity contribution in [2.24, 2.45) is 4.99 Å². The number of pyridine rings is 2. The zero-order chi connectivity index (χ0) is 72.0. The number of halogens is 6. The fraction of sp³-hybridized carbons (Fsp3) is 0.279. The van der Waals surface area contributed by atoms with E-state index in [1.54, 1.807) is 76.6 Å². The first-order valence-electron chi connectivity index (χ1n) is 30.4. The third-order valence-electron chi connectivity index (χ3n) is 14.6. The average Bonchev–Trinajstić information content (AvgIpc) is 1.66. The lowest BCUT2D eigenvalue weighted by atomic mass is 9.93. The molecular formula is C61H61BBrClF4N19O11S4. The van der Waals surface area contributed by atoms with E-state index in [-0.39, 0.29) is 81.8 Å². The summed E-state index contributed by atoms with van der Waals surface area (Å²) < 4.78 is 75.6. The van der Waals surface area contributed by atoms with Crippen molar-refractivity contribution in [3.8, 4) is 54.5 Å². The van der Waals surface area contributed by atoms with Crippen molar-refractivity contribution in [3.05, 3.63) is 157 Å². The van der Waals surface area contributed by atoms with Gasteiger partial charge >= 0.3 is 25.6 Å². The number of hydrogen-bond donors (Lipinski definition) is 9. The standard InChI is InChI=1S/C23H23F2N7O2S.C16H20F2N4O.2C7H5N3O2S.C4H5BNO2.C4H2BrNO2S.ClH/c1-2-34-15-5-3-14(4-6-15)32-11-17(21(31-32)20-16(24)7-8-19(25)30-20)28-22(33)18-12-35-23(29-18)13-9-26-27-10-13;1-2-23-11-5-3-10(4-6-11)22-9-13(19)16(21-22)15-12(17)7-8-14(18)20-15;2*11-7(12)5-3-13-6(10-5)4-1-8-9-2-4;7-5-8-4-1-2-6-3-4;5-4-6-2(1-9-4)3(7)8;/h7-12,14-15H,2-6H2,1H3,(H,26,27)(H,28,33);7-11H,2-6,19H2,1H3;2*1-3H,(H,8,9)(H,11,12);1,3,7H,2H2;1H,(H,7,8);1H. The minimum absolute atomic E-state index is 0. The number of H-pyrrole nitrogens is 3. The lowest BCUT2D eigenvalue weighted by Crippen LogP contribution is -2.24. The van der Waals surface area contributed by atoms with Gasteiger partial charge in [0.25, 0.3) is 5.91 Å². The van der Waals surface area contributed by atoms with Gasteiger partial charge in [-0.05, 0) is 111 Å². The van der Waals surface area contributed by atoms with Crippen molar-refractivity contribution in [2.45, 2.75) is 89.5 Å². The predicted molar refractivity (Wildman–Crippen MR) is 376 cm³/mol. The van der Waals surface area contributed by atoms with Gasteiger partial charge in [0, 0.05) is 82.4 Å². The highest BCUT2D eigenvalue weighted by molar-refractivity contribution is 9.11. The summed E-state index contributed by atoms with van der Waals surface area (Å²) in [5, 5.41) is 72.7. The van der Waals surface area contributed by atoms with Crippen LogP contribution in [-0.2, 0) is 14.1 Å². The van der Waals surface area contributed by atoms with E-state index in [0.29, 0.717) is 57.3 Å². The number of aliphatic imine (C=N–C) groups is 1. The number of rotatable bonds is 18. The van der Waals surface area contributed by atoms with Gasteiger partial charge in [0.15, 0.2) is 32.6 Å². The Balaban J connectivity index is 0.000000169. The van der Waals surface area contributed by atoms with E-state index in [4.69, 9.17) is 35.6 Å². The number of amides is 1. The zero-order valence-electron chi connectivity index (χ0n) is 53.5. The molecule has 0 bridgehead atoms. The molecule has 2 saturated carbocycles. The van der Waals surface area contributed by atoms with Crippen LogP contribution in [0.2, 0.25) is 0 Å². The van der Waals surface area contributed by atoms with Gasteiger partial charge in [0.1, 0.15) is 49.3 Å². The molecule has 11 aromatic heterocycles. The molecular weight excluding hydrogens is 1510 g/mol. The lowest BCUT2D eigenvalue weighted by Gasteiger charge is -2.28. The number of carboxylic acid groups (broad SMARTS) is 3. The van der Waals surface area contributed by atoms with E-state index < -0.39 is 47.3 Å². The van der Waals surface area contributed by atoms with Crippen LogP contribution in [0, 0.1) is 23.5 Å². The first kappa shape index (κ1) is 77.9. The highest BCUT2D eigenvalue weighted by Crippen LogP contribution is 2.37. The molecule has 3 aliphatic rings. The van der Waals surface area contributed by atoms with Gasteiger partial charge in [0.05, 0.1) is 67.0 Å². The molecule has 30 nitrogen and oxygen atoms in total. The molecule has 535 valence electrons. The number of ether oxygens (including phenoxy) is 2. The van der Waals surface area contributed by atoms with Crippen LogP contribution >= 0.6 is 73.7 Å². The van der Waals surface area contributed by atoms with Crippen molar-refractivity contribution < 1.29 is 71.2 Å². The van der Waals surface area contributed by atoms with Gasteiger partial charge in [-0.2, -0.15) is 34.3 Å². The SMILES string of the molecule is CCOC1CCC(n2cc(N)c(-c3nc(F)ccc3F)n2)CC1.CCOC1CCC(n2cc(NC(=O)c3csc(-c4cn[nH]c4)n3)c(-c3nc(F)ccc3F)n2)CC1.Cl.O=C(O)c1csc(-c2cn[nH]c2)n1.O=C(O)c1csc(-c2cn[nH]c2)n1.O=C(O)c1csc(Br)n1.O[B]OC1=CCN=C1. The number of aromatic carboxylic acids is 3. The van der Waals surface area contributed by atoms with E-state index in [0.717, 1.165) is 98.9 Å². The van der Waals surface area contributed by atoms with E-state index in [1.807, 2.05) is 13.8 Å². The monoisotopic (exact) mass is 1560 g/mol. The number of aromatic amines is 3. The number of nitrogen functional groups attached to an aromatic ring is 1. The molecule has 0 aromatic carbocycles. The van der Waals surface area contributed by atoms with Crippen LogP contribution in [0.1, 0.15) is 119 Å². The second-order valence-electron chi connectivity index (χ2n) is 21.2. The minimum Gasteiger partial charge on any atom is -0.536 e. The van der Waals surface area contributed by atoms with Crippen LogP contribution in [0.25, 0.3) is 54.5 Å². The number of aromatic nitrogens is 16. The number of anilines is 2. The zero-order valence-corrected chi connectivity index (χ0v) is 59.1. The maximum absolute atomic E-state index is 14.6. The Morgan fingerprint density at radius 2 is 1.04 bits per heavy atom. The first-order chi connectivity index (χ1) is 48.8. The average molecular weight is 1570 g/mol. The second-order valence-corrected chi connectivity index (χ2v) is 25.9. The molecule has 10 N–H and O–H groups in total. The van der Waals surface area contributed by atoms with E-state index in [1.165, 1.54) is 61.5 Å². The van der Waals surface area contributed by atoms with Gasteiger partial charge < -0.3 is 45.5 Å². The summed E-state index contributed by atoms with van der Waals surface area (Å²) in [6, 6.07) is 4.17. The first-order valence-corrected chi connectivity index (χ1v) is 34.7. The predicted octanol–water partition coefficient (Wildman–Crippen LogP) is 12.2. The van der Waals surface area contributed by atoms with Gasteiger partial charge in [-0.25, -0.2) is 53.1 Å². The Morgan fingerprint density at radius 3 is 1.43 bits per heavy atom. The Bertz CT molecular complexity index is 4480. The summed E-state index contributed by atoms with van der Waals surface area (Å²) >= 11 is 8.17. The van der Waals surface area contributed by atoms with E-state index in [2.05, 4.69) is 102 Å². The van der Waals surface area contributed by atoms with Crippen molar-refractivity contribution in [1.29, 1.82) is 0 Å². The van der Waals surface area contributed by atoms with Crippen LogP contribution in [0.15, 0.2) is 116 Å². The van der Waals surface area contributed by atoms with E-state index in [9.17, 15) is 36.7 Å². The maximum Gasteiger partial charge on any atom is 0.569 e. The number of nitrogens with one attached hydrogen (secondary N) is 4.